The lowest BCUT2D eigenvalue weighted by Gasteiger charge is -2.01. The minimum atomic E-state index is -1.27. The molecule has 2 aromatic rings. The van der Waals surface area contributed by atoms with Crippen LogP contribution in [0.1, 0.15) is 26.5 Å². The molecule has 0 aliphatic heterocycles. The highest BCUT2D eigenvalue weighted by Crippen LogP contribution is 2.22. The van der Waals surface area contributed by atoms with Crippen molar-refractivity contribution in [3.63, 3.8) is 0 Å². The first kappa shape index (κ1) is 11.8. The van der Waals surface area contributed by atoms with Gasteiger partial charge in [0, 0.05) is 0 Å². The Morgan fingerprint density at radius 2 is 2.33 bits per heavy atom. The van der Waals surface area contributed by atoms with Crippen molar-refractivity contribution in [1.29, 1.82) is 5.26 Å². The lowest BCUT2D eigenvalue weighted by atomic mass is 10.3. The zero-order chi connectivity index (χ0) is 13.1. The van der Waals surface area contributed by atoms with Gasteiger partial charge >= 0.3 is 5.97 Å². The summed E-state index contributed by atoms with van der Waals surface area (Å²) >= 11 is 1.17. The molecule has 90 valence electrons. The fourth-order valence-corrected chi connectivity index (χ4v) is 2.02. The van der Waals surface area contributed by atoms with Gasteiger partial charge in [0.05, 0.1) is 11.9 Å². The average molecular weight is 262 g/mol. The van der Waals surface area contributed by atoms with Crippen LogP contribution in [0, 0.1) is 11.3 Å². The van der Waals surface area contributed by atoms with Gasteiger partial charge in [-0.2, -0.15) is 5.26 Å². The van der Waals surface area contributed by atoms with E-state index in [0.717, 1.165) is 6.33 Å². The first-order chi connectivity index (χ1) is 8.63. The van der Waals surface area contributed by atoms with Crippen molar-refractivity contribution in [2.24, 2.45) is 0 Å². The summed E-state index contributed by atoms with van der Waals surface area (Å²) in [6, 6.07) is 3.47. The first-order valence-electron chi connectivity index (χ1n) is 4.69. The van der Waals surface area contributed by atoms with E-state index in [-0.39, 0.29) is 11.4 Å². The molecule has 0 spiro atoms. The van der Waals surface area contributed by atoms with E-state index >= 15 is 0 Å². The van der Waals surface area contributed by atoms with E-state index in [1.165, 1.54) is 11.3 Å². The fraction of sp³-hybridized carbons (Fsp3) is 0. The van der Waals surface area contributed by atoms with Crippen LogP contribution in [-0.4, -0.2) is 27.0 Å². The number of nitrogens with zero attached hydrogens (tertiary/aromatic N) is 2. The van der Waals surface area contributed by atoms with Gasteiger partial charge in [-0.1, -0.05) is 0 Å². The largest absolute Gasteiger partial charge is 0.477 e. The number of carbonyl (C=O) groups excluding carboxylic acids is 1. The van der Waals surface area contributed by atoms with Crippen molar-refractivity contribution in [2.75, 3.05) is 5.32 Å². The van der Waals surface area contributed by atoms with E-state index in [1.54, 1.807) is 11.4 Å². The molecule has 0 saturated carbocycles. The van der Waals surface area contributed by atoms with Crippen LogP contribution in [0.25, 0.3) is 0 Å². The number of H-pyrrole nitrogens is 1. The van der Waals surface area contributed by atoms with E-state index < -0.39 is 11.9 Å². The predicted octanol–water partition coefficient (Wildman–Crippen LogP) is 1.29. The van der Waals surface area contributed by atoms with Crippen LogP contribution in [0.5, 0.6) is 0 Å². The van der Waals surface area contributed by atoms with Gasteiger partial charge < -0.3 is 15.4 Å². The minimum Gasteiger partial charge on any atom is -0.477 e. The number of hydrogen-bond donors (Lipinski definition) is 3. The standard InChI is InChI=1S/C10H6N4O3S/c11-3-5-1-2-18-9(5)14-8(15)6-7(10(16)17)13-4-12-6/h1-2,4H,(H,12,13)(H,14,15)(H,16,17). The topological polar surface area (TPSA) is 119 Å². The normalized spacial score (nSPS) is 9.72. The van der Waals surface area contributed by atoms with Crippen molar-refractivity contribution in [2.45, 2.75) is 0 Å². The summed E-state index contributed by atoms with van der Waals surface area (Å²) in [5.74, 6) is -1.95. The summed E-state index contributed by atoms with van der Waals surface area (Å²) in [6.07, 6.45) is 1.12. The minimum absolute atomic E-state index is 0.222. The summed E-state index contributed by atoms with van der Waals surface area (Å²) in [5, 5.41) is 22.1. The third kappa shape index (κ3) is 2.07. The molecular formula is C10H6N4O3S. The molecule has 0 aliphatic rings. The Bertz CT molecular complexity index is 652. The number of aromatic amines is 1. The molecule has 2 aromatic heterocycles. The van der Waals surface area contributed by atoms with E-state index in [2.05, 4.69) is 15.3 Å². The zero-order valence-electron chi connectivity index (χ0n) is 8.80. The molecular weight excluding hydrogens is 256 g/mol. The van der Waals surface area contributed by atoms with Crippen molar-refractivity contribution in [1.82, 2.24) is 9.97 Å². The number of carboxylic acid groups (broad SMARTS) is 1. The molecule has 18 heavy (non-hydrogen) atoms. The molecule has 8 heteroatoms. The van der Waals surface area contributed by atoms with Crippen LogP contribution in [0.3, 0.4) is 0 Å². The molecule has 0 radical (unpaired) electrons. The molecule has 0 atom stereocenters. The third-order valence-corrected chi connectivity index (χ3v) is 2.91. The Morgan fingerprint density at radius 3 is 3.00 bits per heavy atom. The lowest BCUT2D eigenvalue weighted by Crippen LogP contribution is -2.16. The summed E-state index contributed by atoms with van der Waals surface area (Å²) in [6.45, 7) is 0. The molecule has 0 bridgehead atoms. The van der Waals surface area contributed by atoms with Crippen LogP contribution in [0.2, 0.25) is 0 Å². The van der Waals surface area contributed by atoms with Gasteiger partial charge in [0.15, 0.2) is 11.4 Å². The second-order valence-electron chi connectivity index (χ2n) is 3.16. The number of rotatable bonds is 3. The Labute approximate surface area is 105 Å². The molecule has 3 N–H and O–H groups in total. The van der Waals surface area contributed by atoms with E-state index in [9.17, 15) is 9.59 Å². The summed E-state index contributed by atoms with van der Waals surface area (Å²) < 4.78 is 0. The van der Waals surface area contributed by atoms with Gasteiger partial charge in [-0.05, 0) is 11.4 Å². The van der Waals surface area contributed by atoms with Gasteiger partial charge in [0.2, 0.25) is 0 Å². The monoisotopic (exact) mass is 262 g/mol. The number of carboxylic acids is 1. The Hall–Kier alpha value is -2.66. The molecule has 0 aromatic carbocycles. The predicted molar refractivity (Wildman–Crippen MR) is 62.5 cm³/mol. The zero-order valence-corrected chi connectivity index (χ0v) is 9.61. The Morgan fingerprint density at radius 1 is 1.56 bits per heavy atom. The van der Waals surface area contributed by atoms with Gasteiger partial charge in [-0.15, -0.1) is 11.3 Å². The van der Waals surface area contributed by atoms with Crippen molar-refractivity contribution in [3.05, 3.63) is 34.7 Å². The van der Waals surface area contributed by atoms with Crippen LogP contribution < -0.4 is 5.32 Å². The van der Waals surface area contributed by atoms with E-state index in [4.69, 9.17) is 10.4 Å². The number of aromatic nitrogens is 2. The molecule has 7 nitrogen and oxygen atoms in total. The number of carbonyl (C=O) groups is 2. The summed E-state index contributed by atoms with van der Waals surface area (Å²) in [7, 11) is 0. The average Bonchev–Trinajstić information content (AvgIpc) is 2.96. The number of nitriles is 1. The molecule has 2 heterocycles. The van der Waals surface area contributed by atoms with Crippen LogP contribution in [0.4, 0.5) is 5.00 Å². The van der Waals surface area contributed by atoms with Crippen molar-refractivity contribution >= 4 is 28.2 Å². The maximum Gasteiger partial charge on any atom is 0.354 e. The number of hydrogen-bond acceptors (Lipinski definition) is 5. The van der Waals surface area contributed by atoms with Gasteiger partial charge in [-0.3, -0.25) is 4.79 Å². The highest BCUT2D eigenvalue weighted by Gasteiger charge is 2.20. The first-order valence-corrected chi connectivity index (χ1v) is 5.57. The smallest absolute Gasteiger partial charge is 0.354 e. The molecule has 0 saturated heterocycles. The van der Waals surface area contributed by atoms with E-state index in [0.29, 0.717) is 10.6 Å². The van der Waals surface area contributed by atoms with Gasteiger partial charge in [0.25, 0.3) is 5.91 Å². The number of imidazole rings is 1. The molecule has 0 unspecified atom stereocenters. The SMILES string of the molecule is N#Cc1ccsc1NC(=O)c1nc[nH]c1C(=O)O. The number of amides is 1. The highest BCUT2D eigenvalue weighted by atomic mass is 32.1. The Kier molecular flexibility index (Phi) is 3.07. The summed E-state index contributed by atoms with van der Waals surface area (Å²) in [4.78, 5) is 28.6. The van der Waals surface area contributed by atoms with Crippen molar-refractivity contribution in [3.8, 4) is 6.07 Å². The van der Waals surface area contributed by atoms with E-state index in [1.807, 2.05) is 6.07 Å². The maximum atomic E-state index is 11.8. The highest BCUT2D eigenvalue weighted by molar-refractivity contribution is 7.14. The molecule has 0 fully saturated rings. The second-order valence-corrected chi connectivity index (χ2v) is 4.08. The quantitative estimate of drug-likeness (QED) is 0.770. The molecule has 1 amide bonds. The Balaban J connectivity index is 2.26. The van der Waals surface area contributed by atoms with Crippen molar-refractivity contribution < 1.29 is 14.7 Å². The number of anilines is 1. The van der Waals surface area contributed by atoms with Gasteiger partial charge in [-0.25, -0.2) is 9.78 Å². The fourth-order valence-electron chi connectivity index (χ4n) is 1.29. The van der Waals surface area contributed by atoms with Crippen LogP contribution >= 0.6 is 11.3 Å². The van der Waals surface area contributed by atoms with Gasteiger partial charge in [0.1, 0.15) is 11.1 Å². The number of nitrogens with one attached hydrogen (secondary N) is 2. The third-order valence-electron chi connectivity index (χ3n) is 2.08. The summed E-state index contributed by atoms with van der Waals surface area (Å²) in [5.41, 5.74) is -0.192. The van der Waals surface area contributed by atoms with Crippen LogP contribution in [0.15, 0.2) is 17.8 Å². The number of aromatic carboxylic acids is 1. The maximum absolute atomic E-state index is 11.8. The molecule has 2 rings (SSSR count). The second kappa shape index (κ2) is 4.68. The van der Waals surface area contributed by atoms with Crippen LogP contribution in [-0.2, 0) is 0 Å². The lowest BCUT2D eigenvalue weighted by molar-refractivity contribution is 0.0686. The number of thiophene rings is 1. The molecule has 0 aliphatic carbocycles.